The molecular formula is C13H14I2O2. The lowest BCUT2D eigenvalue weighted by Crippen LogP contribution is -2.18. The van der Waals surface area contributed by atoms with E-state index in [9.17, 15) is 0 Å². The maximum atomic E-state index is 5.56. The standard InChI is InChI=1S/C13H14I2O2/c14-16-10-3-4-11(17-15)12-9(10)5-8-13(12)6-1-2-7-13/h3-4H,1-2,5-8H2. The van der Waals surface area contributed by atoms with Gasteiger partial charge in [0.15, 0.2) is 46.0 Å². The van der Waals surface area contributed by atoms with Gasteiger partial charge in [0, 0.05) is 11.1 Å². The van der Waals surface area contributed by atoms with Crippen LogP contribution in [0.4, 0.5) is 0 Å². The van der Waals surface area contributed by atoms with Gasteiger partial charge in [-0.1, -0.05) is 12.8 Å². The molecule has 0 aromatic heterocycles. The van der Waals surface area contributed by atoms with E-state index >= 15 is 0 Å². The minimum Gasteiger partial charge on any atom is -0.427 e. The van der Waals surface area contributed by atoms with Crippen molar-refractivity contribution in [2.45, 2.75) is 43.9 Å². The first-order chi connectivity index (χ1) is 8.30. The molecule has 1 saturated carbocycles. The Morgan fingerprint density at radius 3 is 2.24 bits per heavy atom. The van der Waals surface area contributed by atoms with Gasteiger partial charge >= 0.3 is 0 Å². The van der Waals surface area contributed by atoms with Crippen LogP contribution in [0, 0.1) is 0 Å². The smallest absolute Gasteiger partial charge is 0.192 e. The summed E-state index contributed by atoms with van der Waals surface area (Å²) in [6.45, 7) is 0. The molecular weight excluding hydrogens is 442 g/mol. The Morgan fingerprint density at radius 1 is 0.941 bits per heavy atom. The van der Waals surface area contributed by atoms with Gasteiger partial charge in [-0.25, -0.2) is 0 Å². The molecule has 0 saturated heterocycles. The third-order valence-corrected chi connectivity index (χ3v) is 5.29. The molecule has 0 atom stereocenters. The Hall–Kier alpha value is 0.280. The van der Waals surface area contributed by atoms with Crippen molar-refractivity contribution in [3.8, 4) is 11.5 Å². The Kier molecular flexibility index (Phi) is 3.44. The predicted octanol–water partition coefficient (Wildman–Crippen LogP) is 4.90. The van der Waals surface area contributed by atoms with Gasteiger partial charge in [-0.3, -0.25) is 0 Å². The summed E-state index contributed by atoms with van der Waals surface area (Å²) in [5.41, 5.74) is 3.22. The first-order valence-electron chi connectivity index (χ1n) is 6.04. The molecule has 4 heteroatoms. The molecule has 0 radical (unpaired) electrons. The zero-order valence-corrected chi connectivity index (χ0v) is 13.8. The van der Waals surface area contributed by atoms with Gasteiger partial charge in [0.25, 0.3) is 0 Å². The number of halogens is 2. The molecule has 1 fully saturated rings. The molecule has 2 aliphatic carbocycles. The van der Waals surface area contributed by atoms with Crippen LogP contribution < -0.4 is 6.13 Å². The Bertz CT molecular complexity index is 439. The van der Waals surface area contributed by atoms with Crippen molar-refractivity contribution < 1.29 is 6.13 Å². The van der Waals surface area contributed by atoms with Crippen LogP contribution in [0.25, 0.3) is 0 Å². The minimum atomic E-state index is 0.390. The maximum Gasteiger partial charge on any atom is 0.192 e. The van der Waals surface area contributed by atoms with E-state index in [-0.39, 0.29) is 0 Å². The van der Waals surface area contributed by atoms with Gasteiger partial charge in [0.05, 0.1) is 0 Å². The SMILES string of the molecule is IOc1ccc(OI)c2c1CCC21CCCC1. The highest BCUT2D eigenvalue weighted by Gasteiger charge is 2.44. The topological polar surface area (TPSA) is 18.5 Å². The average molecular weight is 456 g/mol. The fourth-order valence-corrected chi connectivity index (χ4v) is 4.39. The number of hydrogen-bond donors (Lipinski definition) is 0. The number of fused-ring (bicyclic) bond motifs is 2. The van der Waals surface area contributed by atoms with E-state index in [2.05, 4.69) is 6.07 Å². The lowest BCUT2D eigenvalue weighted by atomic mass is 9.80. The van der Waals surface area contributed by atoms with Crippen molar-refractivity contribution in [2.75, 3.05) is 0 Å². The molecule has 92 valence electrons. The van der Waals surface area contributed by atoms with E-state index in [1.165, 1.54) is 43.2 Å². The highest BCUT2D eigenvalue weighted by Crippen LogP contribution is 2.55. The van der Waals surface area contributed by atoms with Crippen molar-refractivity contribution in [3.63, 3.8) is 0 Å². The van der Waals surface area contributed by atoms with E-state index in [1.807, 2.05) is 52.1 Å². The van der Waals surface area contributed by atoms with Crippen molar-refractivity contribution >= 4 is 46.0 Å². The summed E-state index contributed by atoms with van der Waals surface area (Å²) in [5.74, 6) is 2.08. The molecule has 1 aromatic rings. The molecule has 0 amide bonds. The molecule has 2 nitrogen and oxygen atoms in total. The lowest BCUT2D eigenvalue weighted by Gasteiger charge is -2.25. The highest BCUT2D eigenvalue weighted by atomic mass is 127. The molecule has 1 spiro atoms. The Balaban J connectivity index is 2.17. The largest absolute Gasteiger partial charge is 0.427 e. The number of hydrogen-bond acceptors (Lipinski definition) is 2. The summed E-state index contributed by atoms with van der Waals surface area (Å²) >= 11 is 3.98. The summed E-state index contributed by atoms with van der Waals surface area (Å²) in [7, 11) is 0. The molecule has 0 unspecified atom stereocenters. The van der Waals surface area contributed by atoms with Crippen LogP contribution in [0.1, 0.15) is 43.2 Å². The van der Waals surface area contributed by atoms with Crippen molar-refractivity contribution in [2.24, 2.45) is 0 Å². The van der Waals surface area contributed by atoms with Crippen LogP contribution in [0.3, 0.4) is 0 Å². The molecule has 0 aliphatic heterocycles. The van der Waals surface area contributed by atoms with E-state index in [0.29, 0.717) is 5.41 Å². The van der Waals surface area contributed by atoms with Crippen molar-refractivity contribution in [1.29, 1.82) is 0 Å². The van der Waals surface area contributed by atoms with Gasteiger partial charge in [-0.2, -0.15) is 0 Å². The van der Waals surface area contributed by atoms with Crippen LogP contribution >= 0.6 is 46.0 Å². The summed E-state index contributed by atoms with van der Waals surface area (Å²) in [5, 5.41) is 0. The maximum absolute atomic E-state index is 5.56. The quantitative estimate of drug-likeness (QED) is 0.590. The van der Waals surface area contributed by atoms with Crippen LogP contribution in [0.2, 0.25) is 0 Å². The molecule has 2 aliphatic rings. The van der Waals surface area contributed by atoms with Gasteiger partial charge in [0.2, 0.25) is 0 Å². The fourth-order valence-electron chi connectivity index (χ4n) is 3.61. The van der Waals surface area contributed by atoms with Crippen molar-refractivity contribution in [3.05, 3.63) is 23.3 Å². The van der Waals surface area contributed by atoms with Gasteiger partial charge in [0.1, 0.15) is 11.5 Å². The van der Waals surface area contributed by atoms with Crippen LogP contribution in [0.15, 0.2) is 12.1 Å². The first-order valence-corrected chi connectivity index (χ1v) is 7.80. The lowest BCUT2D eigenvalue weighted by molar-refractivity contribution is 0.431. The summed E-state index contributed by atoms with van der Waals surface area (Å²) < 4.78 is 11.0. The first kappa shape index (κ1) is 12.3. The normalized spacial score (nSPS) is 20.6. The highest BCUT2D eigenvalue weighted by molar-refractivity contribution is 14.1. The molecule has 0 heterocycles. The minimum absolute atomic E-state index is 0.390. The summed E-state index contributed by atoms with van der Waals surface area (Å²) in [6, 6.07) is 4.10. The number of rotatable bonds is 2. The van der Waals surface area contributed by atoms with Crippen molar-refractivity contribution in [1.82, 2.24) is 0 Å². The molecule has 0 N–H and O–H groups in total. The Morgan fingerprint density at radius 2 is 1.59 bits per heavy atom. The monoisotopic (exact) mass is 456 g/mol. The summed E-state index contributed by atoms with van der Waals surface area (Å²) in [4.78, 5) is 0. The summed E-state index contributed by atoms with van der Waals surface area (Å²) in [6.07, 6.45) is 7.76. The molecule has 3 rings (SSSR count). The van der Waals surface area contributed by atoms with Gasteiger partial charge in [-0.15, -0.1) is 0 Å². The second-order valence-electron chi connectivity index (χ2n) is 5.06. The van der Waals surface area contributed by atoms with Gasteiger partial charge < -0.3 is 6.13 Å². The number of benzene rings is 1. The van der Waals surface area contributed by atoms with E-state index in [1.54, 1.807) is 0 Å². The molecule has 0 bridgehead atoms. The third kappa shape index (κ3) is 1.86. The molecule has 1 aromatic carbocycles. The second kappa shape index (κ2) is 4.75. The van der Waals surface area contributed by atoms with Crippen LogP contribution in [0.5, 0.6) is 11.5 Å². The zero-order valence-electron chi connectivity index (χ0n) is 9.47. The van der Waals surface area contributed by atoms with Crippen LogP contribution in [-0.4, -0.2) is 0 Å². The average Bonchev–Trinajstić information content (AvgIpc) is 2.98. The van der Waals surface area contributed by atoms with E-state index in [4.69, 9.17) is 6.13 Å². The predicted molar refractivity (Wildman–Crippen MR) is 84.2 cm³/mol. The Labute approximate surface area is 130 Å². The second-order valence-corrected chi connectivity index (χ2v) is 5.94. The third-order valence-electron chi connectivity index (χ3n) is 4.34. The fraction of sp³-hybridized carbons (Fsp3) is 0.538. The molecule has 17 heavy (non-hydrogen) atoms. The van der Waals surface area contributed by atoms with E-state index < -0.39 is 0 Å². The van der Waals surface area contributed by atoms with E-state index in [0.717, 1.165) is 17.9 Å². The van der Waals surface area contributed by atoms with Gasteiger partial charge in [-0.05, 0) is 43.2 Å². The van der Waals surface area contributed by atoms with Crippen LogP contribution in [-0.2, 0) is 11.8 Å². The zero-order chi connectivity index (χ0) is 11.9.